The van der Waals surface area contributed by atoms with Crippen LogP contribution in [0.4, 0.5) is 13.2 Å². The molecule has 2 rings (SSSR count). The molecule has 1 aliphatic rings. The van der Waals surface area contributed by atoms with Crippen molar-refractivity contribution in [3.05, 3.63) is 29.3 Å². The minimum Gasteiger partial charge on any atom is -0.491 e. The van der Waals surface area contributed by atoms with Crippen LogP contribution in [0, 0.1) is 0 Å². The van der Waals surface area contributed by atoms with Gasteiger partial charge < -0.3 is 15.0 Å². The Hall–Kier alpha value is -1.97. The van der Waals surface area contributed by atoms with Crippen LogP contribution in [0.5, 0.6) is 5.75 Å². The summed E-state index contributed by atoms with van der Waals surface area (Å²) in [6.07, 6.45) is -4.77. The second-order valence-corrected chi connectivity index (χ2v) is 10.6. The van der Waals surface area contributed by atoms with E-state index in [0.717, 1.165) is 6.07 Å². The first-order valence-corrected chi connectivity index (χ1v) is 11.0. The molecule has 1 aliphatic heterocycles. The third kappa shape index (κ3) is 5.55. The van der Waals surface area contributed by atoms with Crippen LogP contribution in [0.2, 0.25) is 0 Å². The Labute approximate surface area is 170 Å². The quantitative estimate of drug-likeness (QED) is 0.581. The van der Waals surface area contributed by atoms with Gasteiger partial charge in [-0.05, 0) is 45.4 Å². The Morgan fingerprint density at radius 2 is 2.00 bits per heavy atom. The number of alkyl halides is 3. The van der Waals surface area contributed by atoms with Gasteiger partial charge in [-0.1, -0.05) is 6.07 Å². The van der Waals surface area contributed by atoms with Crippen LogP contribution in [-0.2, 0) is 22.6 Å². The summed E-state index contributed by atoms with van der Waals surface area (Å²) in [5.41, 5.74) is -0.723. The average molecular weight is 436 g/mol. The van der Waals surface area contributed by atoms with Crippen LogP contribution >= 0.6 is 0 Å². The second-order valence-electron chi connectivity index (χ2n) is 7.88. The first-order valence-electron chi connectivity index (χ1n) is 9.31. The average Bonchev–Trinajstić information content (AvgIpc) is 2.58. The van der Waals surface area contributed by atoms with E-state index in [1.165, 1.54) is 19.2 Å². The third-order valence-electron chi connectivity index (χ3n) is 4.75. The predicted octanol–water partition coefficient (Wildman–Crippen LogP) is 3.08. The first-order chi connectivity index (χ1) is 13.3. The third-order valence-corrected chi connectivity index (χ3v) is 7.28. The van der Waals surface area contributed by atoms with E-state index in [-0.39, 0.29) is 42.8 Å². The number of benzene rings is 1. The fourth-order valence-electron chi connectivity index (χ4n) is 3.15. The molecule has 1 saturated heterocycles. The van der Waals surface area contributed by atoms with Crippen molar-refractivity contribution in [1.82, 2.24) is 10.2 Å². The number of nitrogens with one attached hydrogen (secondary N) is 1. The normalized spacial score (nSPS) is 19.3. The lowest BCUT2D eigenvalue weighted by molar-refractivity contribution is -0.138. The van der Waals surface area contributed by atoms with Gasteiger partial charge in [0.25, 0.3) is 0 Å². The summed E-state index contributed by atoms with van der Waals surface area (Å²) in [6.45, 7) is 7.10. The zero-order valence-electron chi connectivity index (χ0n) is 17.3. The number of guanidine groups is 1. The van der Waals surface area contributed by atoms with Gasteiger partial charge in [0.05, 0.1) is 22.2 Å². The van der Waals surface area contributed by atoms with Crippen molar-refractivity contribution in [1.29, 1.82) is 0 Å². The van der Waals surface area contributed by atoms with Gasteiger partial charge in [-0.3, -0.25) is 4.99 Å². The highest BCUT2D eigenvalue weighted by atomic mass is 32.2. The fourth-order valence-corrected chi connectivity index (χ4v) is 4.52. The summed E-state index contributed by atoms with van der Waals surface area (Å²) in [5.74, 6) is 0.488. The molecule has 0 bridgehead atoms. The zero-order chi connectivity index (χ0) is 22.0. The molecule has 1 fully saturated rings. The van der Waals surface area contributed by atoms with E-state index in [1.54, 1.807) is 32.6 Å². The van der Waals surface area contributed by atoms with Crippen LogP contribution in [-0.4, -0.2) is 56.0 Å². The molecule has 0 atom stereocenters. The Kier molecular flexibility index (Phi) is 6.76. The van der Waals surface area contributed by atoms with Gasteiger partial charge in [0.2, 0.25) is 0 Å². The van der Waals surface area contributed by atoms with Crippen LogP contribution in [0.3, 0.4) is 0 Å². The molecular formula is C19H28F3N3O3S. The topological polar surface area (TPSA) is 71.0 Å². The molecule has 0 spiro atoms. The molecule has 0 saturated carbocycles. The number of aliphatic imine (C=N–C) groups is 1. The zero-order valence-corrected chi connectivity index (χ0v) is 18.1. The summed E-state index contributed by atoms with van der Waals surface area (Å²) in [6, 6.07) is 3.88. The summed E-state index contributed by atoms with van der Waals surface area (Å²) in [5, 5.41) is 2.93. The van der Waals surface area contributed by atoms with E-state index in [4.69, 9.17) is 4.74 Å². The largest absolute Gasteiger partial charge is 0.491 e. The molecule has 1 heterocycles. The van der Waals surface area contributed by atoms with Crippen molar-refractivity contribution < 1.29 is 26.3 Å². The smallest absolute Gasteiger partial charge is 0.416 e. The van der Waals surface area contributed by atoms with Crippen molar-refractivity contribution in [3.63, 3.8) is 0 Å². The van der Waals surface area contributed by atoms with Gasteiger partial charge in [0.15, 0.2) is 15.8 Å². The molecule has 1 aromatic rings. The molecule has 0 radical (unpaired) electrons. The van der Waals surface area contributed by atoms with Gasteiger partial charge >= 0.3 is 6.18 Å². The minimum absolute atomic E-state index is 0.0320. The maximum atomic E-state index is 13.5. The molecule has 1 N–H and O–H groups in total. The van der Waals surface area contributed by atoms with Crippen LogP contribution in [0.1, 0.15) is 38.8 Å². The Bertz CT molecular complexity index is 865. The molecule has 29 heavy (non-hydrogen) atoms. The molecule has 0 aliphatic carbocycles. The highest BCUT2D eigenvalue weighted by molar-refractivity contribution is 7.92. The van der Waals surface area contributed by atoms with E-state index >= 15 is 0 Å². The molecule has 1 aromatic carbocycles. The maximum absolute atomic E-state index is 13.5. The SMILES string of the molecule is CN=C(NCc1ccc(OC(C)C)cc1C(F)(F)F)N1CCS(=O)(=O)C(C)(C)C1. The summed E-state index contributed by atoms with van der Waals surface area (Å²) < 4.78 is 69.3. The van der Waals surface area contributed by atoms with Crippen LogP contribution in [0.15, 0.2) is 23.2 Å². The number of hydrogen-bond donors (Lipinski definition) is 1. The predicted molar refractivity (Wildman–Crippen MR) is 107 cm³/mol. The maximum Gasteiger partial charge on any atom is 0.416 e. The highest BCUT2D eigenvalue weighted by Gasteiger charge is 2.41. The van der Waals surface area contributed by atoms with Gasteiger partial charge in [0.1, 0.15) is 5.75 Å². The van der Waals surface area contributed by atoms with Crippen LogP contribution in [0.25, 0.3) is 0 Å². The van der Waals surface area contributed by atoms with E-state index in [9.17, 15) is 21.6 Å². The summed E-state index contributed by atoms with van der Waals surface area (Å²) >= 11 is 0. The fraction of sp³-hybridized carbons (Fsp3) is 0.632. The van der Waals surface area contributed by atoms with Crippen molar-refractivity contribution in [2.75, 3.05) is 25.9 Å². The molecule has 164 valence electrons. The van der Waals surface area contributed by atoms with E-state index in [2.05, 4.69) is 10.3 Å². The van der Waals surface area contributed by atoms with E-state index < -0.39 is 26.3 Å². The summed E-state index contributed by atoms with van der Waals surface area (Å²) in [4.78, 5) is 5.87. The lowest BCUT2D eigenvalue weighted by Crippen LogP contribution is -2.57. The molecule has 0 aromatic heterocycles. The van der Waals surface area contributed by atoms with E-state index in [0.29, 0.717) is 5.96 Å². The summed E-state index contributed by atoms with van der Waals surface area (Å²) in [7, 11) is -1.71. The molecule has 0 unspecified atom stereocenters. The molecule has 0 amide bonds. The van der Waals surface area contributed by atoms with Crippen molar-refractivity contribution in [2.45, 2.75) is 51.3 Å². The number of sulfone groups is 1. The van der Waals surface area contributed by atoms with Crippen molar-refractivity contribution in [3.8, 4) is 5.75 Å². The standard InChI is InChI=1S/C19H28F3N3O3S/c1-13(2)28-15-7-6-14(16(10-15)19(20,21)22)11-24-17(23-5)25-8-9-29(26,27)18(3,4)12-25/h6-7,10,13H,8-9,11-12H2,1-5H3,(H,23,24). The van der Waals surface area contributed by atoms with Crippen molar-refractivity contribution in [2.24, 2.45) is 4.99 Å². The molecule has 10 heteroatoms. The van der Waals surface area contributed by atoms with Crippen LogP contribution < -0.4 is 10.1 Å². The first kappa shape index (κ1) is 23.3. The lowest BCUT2D eigenvalue weighted by Gasteiger charge is -2.39. The Balaban J connectivity index is 2.19. The number of ether oxygens (including phenoxy) is 1. The minimum atomic E-state index is -4.53. The number of hydrogen-bond acceptors (Lipinski definition) is 4. The van der Waals surface area contributed by atoms with Gasteiger partial charge in [0, 0.05) is 26.7 Å². The number of halogens is 3. The molecular weight excluding hydrogens is 407 g/mol. The monoisotopic (exact) mass is 435 g/mol. The van der Waals surface area contributed by atoms with E-state index in [1.807, 2.05) is 0 Å². The van der Waals surface area contributed by atoms with Crippen molar-refractivity contribution >= 4 is 15.8 Å². The van der Waals surface area contributed by atoms with Gasteiger partial charge in [-0.2, -0.15) is 13.2 Å². The Morgan fingerprint density at radius 3 is 2.52 bits per heavy atom. The van der Waals surface area contributed by atoms with Gasteiger partial charge in [-0.15, -0.1) is 0 Å². The van der Waals surface area contributed by atoms with Gasteiger partial charge in [-0.25, -0.2) is 8.42 Å². The Morgan fingerprint density at radius 1 is 1.34 bits per heavy atom. The number of rotatable bonds is 4. The highest BCUT2D eigenvalue weighted by Crippen LogP contribution is 2.34. The lowest BCUT2D eigenvalue weighted by atomic mass is 10.1. The number of nitrogens with zero attached hydrogens (tertiary/aromatic N) is 2. The second kappa shape index (κ2) is 8.41. The molecule has 6 nitrogen and oxygen atoms in total.